The normalized spacial score (nSPS) is 12.5. The number of alkyl halides is 3. The summed E-state index contributed by atoms with van der Waals surface area (Å²) in [6.45, 7) is 8.18. The highest BCUT2D eigenvalue weighted by molar-refractivity contribution is 5.93. The van der Waals surface area contributed by atoms with E-state index in [0.717, 1.165) is 16.3 Å². The van der Waals surface area contributed by atoms with Crippen LogP contribution in [-0.2, 0) is 17.5 Å². The number of anilines is 1. The Kier molecular flexibility index (Phi) is 7.29. The number of hydrogen-bond acceptors (Lipinski definition) is 5. The van der Waals surface area contributed by atoms with E-state index < -0.39 is 23.8 Å². The van der Waals surface area contributed by atoms with Crippen molar-refractivity contribution in [3.05, 3.63) is 53.6 Å². The number of rotatable bonds is 9. The number of halogens is 3. The molecule has 178 valence electrons. The molecule has 0 radical (unpaired) electrons. The van der Waals surface area contributed by atoms with Crippen LogP contribution in [0.1, 0.15) is 43.8 Å². The molecule has 0 saturated heterocycles. The molecule has 0 aliphatic carbocycles. The molecule has 2 aromatic heterocycles. The first-order valence-corrected chi connectivity index (χ1v) is 10.5. The largest absolute Gasteiger partial charge is 0.490 e. The van der Waals surface area contributed by atoms with Gasteiger partial charge in [-0.1, -0.05) is 6.07 Å². The highest BCUT2D eigenvalue weighted by Crippen LogP contribution is 2.30. The Labute approximate surface area is 189 Å². The summed E-state index contributed by atoms with van der Waals surface area (Å²) in [6.07, 6.45) is -1.46. The van der Waals surface area contributed by atoms with Gasteiger partial charge in [-0.3, -0.25) is 14.2 Å². The van der Waals surface area contributed by atoms with Crippen LogP contribution >= 0.6 is 0 Å². The zero-order valence-corrected chi connectivity index (χ0v) is 18.8. The Morgan fingerprint density at radius 2 is 1.85 bits per heavy atom. The SMILES string of the molecule is CCOc1ccc(Cn2cc(NC(=O)C(C)n3nc(C(F)(F)F)cc3C)cn2)cc1OCC. The molecule has 0 bridgehead atoms. The summed E-state index contributed by atoms with van der Waals surface area (Å²) in [5.41, 5.74) is 0.544. The molecule has 0 aliphatic rings. The molecule has 1 aromatic carbocycles. The van der Waals surface area contributed by atoms with Crippen molar-refractivity contribution in [2.75, 3.05) is 18.5 Å². The van der Waals surface area contributed by atoms with E-state index in [9.17, 15) is 18.0 Å². The zero-order chi connectivity index (χ0) is 24.2. The van der Waals surface area contributed by atoms with E-state index in [1.165, 1.54) is 20.0 Å². The Morgan fingerprint density at radius 1 is 1.15 bits per heavy atom. The van der Waals surface area contributed by atoms with Crippen molar-refractivity contribution in [3.8, 4) is 11.5 Å². The van der Waals surface area contributed by atoms with Crippen molar-refractivity contribution in [1.82, 2.24) is 19.6 Å². The predicted octanol–water partition coefficient (Wildman–Crippen LogP) is 4.45. The number of benzene rings is 1. The van der Waals surface area contributed by atoms with Gasteiger partial charge >= 0.3 is 6.18 Å². The van der Waals surface area contributed by atoms with E-state index in [4.69, 9.17) is 9.47 Å². The monoisotopic (exact) mass is 465 g/mol. The average Bonchev–Trinajstić information content (AvgIpc) is 3.35. The maximum Gasteiger partial charge on any atom is 0.435 e. The van der Waals surface area contributed by atoms with Gasteiger partial charge in [0, 0.05) is 11.9 Å². The molecular weight excluding hydrogens is 439 g/mol. The van der Waals surface area contributed by atoms with E-state index in [1.54, 1.807) is 10.9 Å². The maximum absolute atomic E-state index is 12.9. The fourth-order valence-electron chi connectivity index (χ4n) is 3.27. The van der Waals surface area contributed by atoms with E-state index in [1.807, 2.05) is 32.0 Å². The highest BCUT2D eigenvalue weighted by Gasteiger charge is 2.35. The fourth-order valence-corrected chi connectivity index (χ4v) is 3.27. The Morgan fingerprint density at radius 3 is 2.48 bits per heavy atom. The zero-order valence-electron chi connectivity index (χ0n) is 18.8. The maximum atomic E-state index is 12.9. The summed E-state index contributed by atoms with van der Waals surface area (Å²) in [5.74, 6) is 0.793. The molecule has 1 N–H and O–H groups in total. The third kappa shape index (κ3) is 5.85. The Hall–Kier alpha value is -3.50. The van der Waals surface area contributed by atoms with Crippen LogP contribution in [0.5, 0.6) is 11.5 Å². The van der Waals surface area contributed by atoms with Crippen LogP contribution in [0.25, 0.3) is 0 Å². The molecule has 0 spiro atoms. The summed E-state index contributed by atoms with van der Waals surface area (Å²) in [4.78, 5) is 12.6. The van der Waals surface area contributed by atoms with Crippen molar-refractivity contribution < 1.29 is 27.4 Å². The van der Waals surface area contributed by atoms with Gasteiger partial charge < -0.3 is 14.8 Å². The summed E-state index contributed by atoms with van der Waals surface area (Å²) in [7, 11) is 0. The number of nitrogens with one attached hydrogen (secondary N) is 1. The van der Waals surface area contributed by atoms with E-state index in [0.29, 0.717) is 36.9 Å². The number of ether oxygens (including phenoxy) is 2. The van der Waals surface area contributed by atoms with Crippen molar-refractivity contribution in [2.24, 2.45) is 0 Å². The summed E-state index contributed by atoms with van der Waals surface area (Å²) < 4.78 is 52.6. The van der Waals surface area contributed by atoms with Crippen LogP contribution in [0.15, 0.2) is 36.7 Å². The molecule has 11 heteroatoms. The lowest BCUT2D eigenvalue weighted by atomic mass is 10.2. The lowest BCUT2D eigenvalue weighted by Crippen LogP contribution is -2.25. The first-order chi connectivity index (χ1) is 15.6. The second-order valence-corrected chi connectivity index (χ2v) is 7.35. The van der Waals surface area contributed by atoms with E-state index >= 15 is 0 Å². The third-order valence-electron chi connectivity index (χ3n) is 4.81. The van der Waals surface area contributed by atoms with Crippen LogP contribution in [-0.4, -0.2) is 38.7 Å². The van der Waals surface area contributed by atoms with Gasteiger partial charge in [-0.15, -0.1) is 0 Å². The minimum Gasteiger partial charge on any atom is -0.490 e. The minimum absolute atomic E-state index is 0.237. The van der Waals surface area contributed by atoms with Crippen LogP contribution in [0.3, 0.4) is 0 Å². The molecule has 3 aromatic rings. The molecular formula is C22H26F3N5O3. The molecule has 0 fully saturated rings. The smallest absolute Gasteiger partial charge is 0.435 e. The molecule has 3 rings (SSSR count). The lowest BCUT2D eigenvalue weighted by Gasteiger charge is -2.14. The standard InChI is InChI=1S/C22H26F3N5O3/c1-5-32-18-8-7-16(10-19(18)33-6-2)12-29-13-17(11-26-29)27-21(31)15(4)30-14(3)9-20(28-30)22(23,24)25/h7-11,13,15H,5-6,12H2,1-4H3,(H,27,31). The van der Waals surface area contributed by atoms with Gasteiger partial charge in [0.2, 0.25) is 5.91 Å². The van der Waals surface area contributed by atoms with E-state index in [2.05, 4.69) is 15.5 Å². The summed E-state index contributed by atoms with van der Waals surface area (Å²) in [5, 5.41) is 10.4. The van der Waals surface area contributed by atoms with Gasteiger partial charge in [-0.25, -0.2) is 0 Å². The van der Waals surface area contributed by atoms with Gasteiger partial charge in [-0.05, 0) is 51.5 Å². The second-order valence-electron chi connectivity index (χ2n) is 7.35. The van der Waals surface area contributed by atoms with Crippen LogP contribution < -0.4 is 14.8 Å². The minimum atomic E-state index is -4.57. The molecule has 33 heavy (non-hydrogen) atoms. The van der Waals surface area contributed by atoms with Crippen LogP contribution in [0.4, 0.5) is 18.9 Å². The Balaban J connectivity index is 1.68. The molecule has 0 aliphatic heterocycles. The lowest BCUT2D eigenvalue weighted by molar-refractivity contribution is -0.141. The second kappa shape index (κ2) is 9.97. The van der Waals surface area contributed by atoms with Crippen molar-refractivity contribution >= 4 is 11.6 Å². The summed E-state index contributed by atoms with van der Waals surface area (Å²) in [6, 6.07) is 5.57. The van der Waals surface area contributed by atoms with E-state index in [-0.39, 0.29) is 5.69 Å². The van der Waals surface area contributed by atoms with Crippen LogP contribution in [0.2, 0.25) is 0 Å². The van der Waals surface area contributed by atoms with Crippen molar-refractivity contribution in [3.63, 3.8) is 0 Å². The Bertz CT molecular complexity index is 1110. The average molecular weight is 465 g/mol. The topological polar surface area (TPSA) is 83.2 Å². The van der Waals surface area contributed by atoms with Gasteiger partial charge in [0.15, 0.2) is 17.2 Å². The van der Waals surface area contributed by atoms with Gasteiger partial charge in [0.1, 0.15) is 6.04 Å². The molecule has 1 amide bonds. The van der Waals surface area contributed by atoms with Gasteiger partial charge in [0.05, 0.1) is 31.6 Å². The molecule has 8 nitrogen and oxygen atoms in total. The third-order valence-corrected chi connectivity index (χ3v) is 4.81. The van der Waals surface area contributed by atoms with Crippen LogP contribution in [0, 0.1) is 6.92 Å². The molecule has 0 saturated carbocycles. The number of aryl methyl sites for hydroxylation is 1. The number of aromatic nitrogens is 4. The number of nitrogens with zero attached hydrogens (tertiary/aromatic N) is 4. The number of carbonyl (C=O) groups excluding carboxylic acids is 1. The highest BCUT2D eigenvalue weighted by atomic mass is 19.4. The van der Waals surface area contributed by atoms with Crippen molar-refractivity contribution in [1.29, 1.82) is 0 Å². The number of hydrogen-bond donors (Lipinski definition) is 1. The molecule has 1 atom stereocenters. The van der Waals surface area contributed by atoms with Gasteiger partial charge in [0.25, 0.3) is 0 Å². The predicted molar refractivity (Wildman–Crippen MR) is 115 cm³/mol. The first-order valence-electron chi connectivity index (χ1n) is 10.5. The molecule has 2 heterocycles. The first kappa shape index (κ1) is 24.1. The molecule has 1 unspecified atom stereocenters. The number of carbonyl (C=O) groups is 1. The quantitative estimate of drug-likeness (QED) is 0.505. The fraction of sp³-hybridized carbons (Fsp3) is 0.409. The van der Waals surface area contributed by atoms with Gasteiger partial charge in [-0.2, -0.15) is 23.4 Å². The number of amides is 1. The summed E-state index contributed by atoms with van der Waals surface area (Å²) >= 11 is 0. The van der Waals surface area contributed by atoms with Crippen molar-refractivity contribution in [2.45, 2.75) is 46.5 Å².